The lowest BCUT2D eigenvalue weighted by molar-refractivity contribution is 0.439. The fraction of sp³-hybridized carbons (Fsp3) is 0.120. The monoisotopic (exact) mass is 479 g/mol. The molecule has 0 spiro atoms. The Hall–Kier alpha value is -2.86. The Labute approximate surface area is 201 Å². The Balaban J connectivity index is 1.61. The molecule has 0 saturated carbocycles. The van der Waals surface area contributed by atoms with E-state index in [0.29, 0.717) is 20.9 Å². The molecule has 1 aliphatic heterocycles. The van der Waals surface area contributed by atoms with Crippen molar-refractivity contribution in [1.82, 2.24) is 10.3 Å². The topological polar surface area (TPSA) is 41.3 Å². The van der Waals surface area contributed by atoms with E-state index >= 15 is 0 Å². The lowest BCUT2D eigenvalue weighted by Crippen LogP contribution is -2.29. The van der Waals surface area contributed by atoms with Gasteiger partial charge in [-0.15, -0.1) is 0 Å². The minimum atomic E-state index is -0.230. The molecule has 5 rings (SSSR count). The number of halogens is 2. The van der Waals surface area contributed by atoms with Crippen LogP contribution in [0, 0.1) is 6.92 Å². The van der Waals surface area contributed by atoms with Crippen molar-refractivity contribution in [1.29, 1.82) is 0 Å². The molecule has 1 N–H and O–H groups in total. The summed E-state index contributed by atoms with van der Waals surface area (Å²) < 4.78 is 6.35. The van der Waals surface area contributed by atoms with Crippen LogP contribution in [0.2, 0.25) is 10.0 Å². The third kappa shape index (κ3) is 3.77. The van der Waals surface area contributed by atoms with Crippen LogP contribution in [0.4, 0.5) is 5.69 Å². The van der Waals surface area contributed by atoms with E-state index in [2.05, 4.69) is 46.4 Å². The summed E-state index contributed by atoms with van der Waals surface area (Å²) in [5, 5.41) is 5.01. The van der Waals surface area contributed by atoms with Crippen molar-refractivity contribution in [3.05, 3.63) is 106 Å². The lowest BCUT2D eigenvalue weighted by Gasteiger charge is -2.26. The van der Waals surface area contributed by atoms with Crippen LogP contribution in [0.25, 0.3) is 11.3 Å². The predicted molar refractivity (Wildman–Crippen MR) is 133 cm³/mol. The van der Waals surface area contributed by atoms with Gasteiger partial charge in [-0.05, 0) is 67.7 Å². The van der Waals surface area contributed by atoms with Gasteiger partial charge < -0.3 is 14.6 Å². The molecule has 160 valence electrons. The van der Waals surface area contributed by atoms with Crippen molar-refractivity contribution in [2.24, 2.45) is 0 Å². The standard InChI is InChI=1S/C25H19Cl2N3OS/c1-15-8-10-16(11-9-15)30-24(23(29-25(30)32)19-7-2-3-14-28-19)21-13-12-20(31-21)17-5-4-6-18(26)22(17)27/h2-14,23-24H,1H3,(H,29,32)/t23-,24+/m0/s1. The van der Waals surface area contributed by atoms with Crippen molar-refractivity contribution in [2.75, 3.05) is 4.90 Å². The number of aromatic nitrogens is 1. The minimum absolute atomic E-state index is 0.182. The van der Waals surface area contributed by atoms with Gasteiger partial charge in [0.25, 0.3) is 0 Å². The Kier molecular flexibility index (Phi) is 5.64. The zero-order valence-electron chi connectivity index (χ0n) is 17.1. The maximum atomic E-state index is 6.44. The van der Waals surface area contributed by atoms with Crippen molar-refractivity contribution in [2.45, 2.75) is 19.0 Å². The van der Waals surface area contributed by atoms with Gasteiger partial charge in [-0.3, -0.25) is 4.98 Å². The largest absolute Gasteiger partial charge is 0.459 e. The average molecular weight is 480 g/mol. The maximum absolute atomic E-state index is 6.44. The molecule has 2 aromatic heterocycles. The number of aryl methyl sites for hydroxylation is 1. The van der Waals surface area contributed by atoms with E-state index in [-0.39, 0.29) is 12.1 Å². The lowest BCUT2D eigenvalue weighted by atomic mass is 10.0. The summed E-state index contributed by atoms with van der Waals surface area (Å²) in [6.07, 6.45) is 1.78. The smallest absolute Gasteiger partial charge is 0.174 e. The molecule has 7 heteroatoms. The molecule has 4 nitrogen and oxygen atoms in total. The third-order valence-corrected chi connectivity index (χ3v) is 6.68. The predicted octanol–water partition coefficient (Wildman–Crippen LogP) is 7.13. The van der Waals surface area contributed by atoms with Gasteiger partial charge >= 0.3 is 0 Å². The van der Waals surface area contributed by atoms with Gasteiger partial charge in [-0.2, -0.15) is 0 Å². The Morgan fingerprint density at radius 3 is 2.53 bits per heavy atom. The first-order chi connectivity index (χ1) is 15.5. The molecule has 0 radical (unpaired) electrons. The molecule has 4 aromatic rings. The fourth-order valence-corrected chi connectivity index (χ4v) is 4.72. The van der Waals surface area contributed by atoms with Crippen molar-refractivity contribution >= 4 is 46.2 Å². The molecule has 0 bridgehead atoms. The van der Waals surface area contributed by atoms with E-state index in [1.165, 1.54) is 5.56 Å². The normalized spacial score (nSPS) is 18.1. The van der Waals surface area contributed by atoms with Crippen LogP contribution in [-0.2, 0) is 0 Å². The van der Waals surface area contributed by atoms with E-state index in [1.807, 2.05) is 42.5 Å². The highest BCUT2D eigenvalue weighted by Crippen LogP contribution is 2.43. The van der Waals surface area contributed by atoms with Crippen molar-refractivity contribution in [3.63, 3.8) is 0 Å². The number of hydrogen-bond acceptors (Lipinski definition) is 3. The summed E-state index contributed by atoms with van der Waals surface area (Å²) in [5.41, 5.74) is 3.79. The molecule has 0 unspecified atom stereocenters. The van der Waals surface area contributed by atoms with E-state index in [4.69, 9.17) is 39.8 Å². The van der Waals surface area contributed by atoms with E-state index in [1.54, 1.807) is 12.3 Å². The summed E-state index contributed by atoms with van der Waals surface area (Å²) in [6.45, 7) is 2.06. The van der Waals surface area contributed by atoms with Gasteiger partial charge in [0.05, 0.1) is 21.8 Å². The molecule has 2 atom stereocenters. The number of pyridine rings is 1. The van der Waals surface area contributed by atoms with Gasteiger partial charge in [0.1, 0.15) is 17.6 Å². The number of nitrogens with one attached hydrogen (secondary N) is 1. The van der Waals surface area contributed by atoms with Crippen LogP contribution in [0.1, 0.15) is 29.1 Å². The van der Waals surface area contributed by atoms with Crippen LogP contribution >= 0.6 is 35.4 Å². The second-order valence-electron chi connectivity index (χ2n) is 7.64. The second-order valence-corrected chi connectivity index (χ2v) is 8.81. The van der Waals surface area contributed by atoms with Gasteiger partial charge in [0.15, 0.2) is 5.11 Å². The molecule has 1 aliphatic rings. The molecule has 0 aliphatic carbocycles. The quantitative estimate of drug-likeness (QED) is 0.315. The molecular formula is C25H19Cl2N3OS. The van der Waals surface area contributed by atoms with Gasteiger partial charge in [-0.25, -0.2) is 0 Å². The second kappa shape index (κ2) is 8.58. The average Bonchev–Trinajstić information content (AvgIpc) is 3.41. The molecule has 3 heterocycles. The maximum Gasteiger partial charge on any atom is 0.174 e. The molecule has 32 heavy (non-hydrogen) atoms. The Bertz CT molecular complexity index is 1270. The van der Waals surface area contributed by atoms with E-state index in [0.717, 1.165) is 22.7 Å². The SMILES string of the molecule is Cc1ccc(N2C(=S)N[C@@H](c3ccccn3)[C@H]2c2ccc(-c3cccc(Cl)c3Cl)o2)cc1. The number of rotatable bonds is 4. The number of furan rings is 1. The zero-order valence-corrected chi connectivity index (χ0v) is 19.5. The minimum Gasteiger partial charge on any atom is -0.459 e. The highest BCUT2D eigenvalue weighted by atomic mass is 35.5. The van der Waals surface area contributed by atoms with E-state index < -0.39 is 0 Å². The number of nitrogens with zero attached hydrogens (tertiary/aromatic N) is 2. The number of anilines is 1. The van der Waals surface area contributed by atoms with Crippen molar-refractivity contribution < 1.29 is 4.42 Å². The first-order valence-electron chi connectivity index (χ1n) is 10.1. The number of benzene rings is 2. The summed E-state index contributed by atoms with van der Waals surface area (Å²) in [5.74, 6) is 1.40. The van der Waals surface area contributed by atoms with Crippen molar-refractivity contribution in [3.8, 4) is 11.3 Å². The summed E-state index contributed by atoms with van der Waals surface area (Å²) in [6, 6.07) is 23.1. The van der Waals surface area contributed by atoms with Crippen LogP contribution in [0.15, 0.2) is 83.4 Å². The van der Waals surface area contributed by atoms with Crippen LogP contribution in [0.3, 0.4) is 0 Å². The first-order valence-corrected chi connectivity index (χ1v) is 11.3. The first kappa shape index (κ1) is 21.0. The summed E-state index contributed by atoms with van der Waals surface area (Å²) in [7, 11) is 0. The third-order valence-electron chi connectivity index (χ3n) is 5.55. The van der Waals surface area contributed by atoms with Gasteiger partial charge in [-0.1, -0.05) is 53.0 Å². The molecule has 2 aromatic carbocycles. The Morgan fingerprint density at radius 2 is 1.78 bits per heavy atom. The number of thiocarbonyl (C=S) groups is 1. The fourth-order valence-electron chi connectivity index (χ4n) is 3.98. The summed E-state index contributed by atoms with van der Waals surface area (Å²) >= 11 is 18.4. The van der Waals surface area contributed by atoms with Crippen LogP contribution in [-0.4, -0.2) is 10.1 Å². The molecular weight excluding hydrogens is 461 g/mol. The molecule has 1 saturated heterocycles. The highest BCUT2D eigenvalue weighted by Gasteiger charge is 2.42. The van der Waals surface area contributed by atoms with Crippen LogP contribution in [0.5, 0.6) is 0 Å². The van der Waals surface area contributed by atoms with E-state index in [9.17, 15) is 0 Å². The summed E-state index contributed by atoms with van der Waals surface area (Å²) in [4.78, 5) is 6.65. The zero-order chi connectivity index (χ0) is 22.2. The Morgan fingerprint density at radius 1 is 0.969 bits per heavy atom. The highest BCUT2D eigenvalue weighted by molar-refractivity contribution is 7.80. The molecule has 0 amide bonds. The van der Waals surface area contributed by atoms with Crippen LogP contribution < -0.4 is 10.2 Å². The number of hydrogen-bond donors (Lipinski definition) is 1. The molecule has 1 fully saturated rings. The van der Waals surface area contributed by atoms with Gasteiger partial charge in [0, 0.05) is 17.4 Å². The van der Waals surface area contributed by atoms with Gasteiger partial charge in [0.2, 0.25) is 0 Å².